The Morgan fingerprint density at radius 3 is 2.38 bits per heavy atom. The number of nitrogens with one attached hydrogen (secondary N) is 2. The number of hydrogen-bond acceptors (Lipinski definition) is 3. The van der Waals surface area contributed by atoms with Crippen LogP contribution in [-0.4, -0.2) is 18.4 Å². The highest BCUT2D eigenvalue weighted by molar-refractivity contribution is 5.99. The number of benzene rings is 2. The van der Waals surface area contributed by atoms with E-state index in [1.165, 1.54) is 0 Å². The number of hydrogen-bond donors (Lipinski definition) is 2. The van der Waals surface area contributed by atoms with Crippen LogP contribution in [0.1, 0.15) is 27.0 Å². The van der Waals surface area contributed by atoms with Crippen LogP contribution >= 0.6 is 0 Å². The zero-order valence-electron chi connectivity index (χ0n) is 13.7. The summed E-state index contributed by atoms with van der Waals surface area (Å²) in [7, 11) is 0. The van der Waals surface area contributed by atoms with E-state index in [1.807, 2.05) is 19.9 Å². The molecule has 0 radical (unpaired) electrons. The summed E-state index contributed by atoms with van der Waals surface area (Å²) in [5.41, 5.74) is 4.20. The third kappa shape index (κ3) is 4.68. The standard InChI is InChI=1S/C19H19N3O2/c1-13-3-6-16(11-14(13)2)19(24)21-12-18(23)22-17-7-4-15(5-8-17)9-10-20/h3-8,11H,9,12H2,1-2H3,(H,21,24)(H,22,23). The predicted molar refractivity (Wildman–Crippen MR) is 92.6 cm³/mol. The van der Waals surface area contributed by atoms with Gasteiger partial charge in [-0.1, -0.05) is 18.2 Å². The van der Waals surface area contributed by atoms with Crippen LogP contribution in [0.2, 0.25) is 0 Å². The topological polar surface area (TPSA) is 82.0 Å². The maximum absolute atomic E-state index is 12.1. The van der Waals surface area contributed by atoms with Crippen molar-refractivity contribution in [1.82, 2.24) is 5.32 Å². The van der Waals surface area contributed by atoms with Gasteiger partial charge in [0.05, 0.1) is 19.0 Å². The molecule has 0 bridgehead atoms. The van der Waals surface area contributed by atoms with Crippen LogP contribution in [0.25, 0.3) is 0 Å². The highest BCUT2D eigenvalue weighted by Gasteiger charge is 2.09. The number of aryl methyl sites for hydroxylation is 2. The van der Waals surface area contributed by atoms with Gasteiger partial charge in [0.2, 0.25) is 5.91 Å². The molecule has 0 aromatic heterocycles. The van der Waals surface area contributed by atoms with Gasteiger partial charge in [-0.3, -0.25) is 9.59 Å². The van der Waals surface area contributed by atoms with E-state index in [4.69, 9.17) is 5.26 Å². The number of carbonyl (C=O) groups excluding carboxylic acids is 2. The van der Waals surface area contributed by atoms with Crippen LogP contribution in [0, 0.1) is 25.2 Å². The third-order valence-electron chi connectivity index (χ3n) is 3.70. The van der Waals surface area contributed by atoms with Crippen LogP contribution in [0.5, 0.6) is 0 Å². The smallest absolute Gasteiger partial charge is 0.251 e. The van der Waals surface area contributed by atoms with Gasteiger partial charge in [-0.25, -0.2) is 0 Å². The Kier molecular flexibility index (Phi) is 5.69. The molecule has 0 atom stereocenters. The lowest BCUT2D eigenvalue weighted by molar-refractivity contribution is -0.115. The van der Waals surface area contributed by atoms with Gasteiger partial charge in [0.25, 0.3) is 5.91 Å². The minimum atomic E-state index is -0.305. The second-order valence-corrected chi connectivity index (χ2v) is 5.56. The van der Waals surface area contributed by atoms with Crippen LogP contribution in [0.4, 0.5) is 5.69 Å². The van der Waals surface area contributed by atoms with Crippen molar-refractivity contribution in [3.8, 4) is 6.07 Å². The molecule has 0 saturated heterocycles. The van der Waals surface area contributed by atoms with Gasteiger partial charge < -0.3 is 10.6 Å². The number of nitrogens with zero attached hydrogens (tertiary/aromatic N) is 1. The summed E-state index contributed by atoms with van der Waals surface area (Å²) < 4.78 is 0. The average Bonchev–Trinajstić information content (AvgIpc) is 2.57. The lowest BCUT2D eigenvalue weighted by Gasteiger charge is -2.08. The summed E-state index contributed by atoms with van der Waals surface area (Å²) in [6, 6.07) is 14.5. The molecule has 24 heavy (non-hydrogen) atoms. The molecule has 0 aliphatic heterocycles. The summed E-state index contributed by atoms with van der Waals surface area (Å²) in [6.45, 7) is 3.81. The largest absolute Gasteiger partial charge is 0.343 e. The fourth-order valence-corrected chi connectivity index (χ4v) is 2.15. The highest BCUT2D eigenvalue weighted by Crippen LogP contribution is 2.11. The number of carbonyl (C=O) groups is 2. The van der Waals surface area contributed by atoms with Crippen molar-refractivity contribution >= 4 is 17.5 Å². The average molecular weight is 321 g/mol. The summed E-state index contributed by atoms with van der Waals surface area (Å²) in [4.78, 5) is 24.0. The van der Waals surface area contributed by atoms with Crippen LogP contribution in [0.15, 0.2) is 42.5 Å². The van der Waals surface area contributed by atoms with Gasteiger partial charge >= 0.3 is 0 Å². The molecule has 122 valence electrons. The Labute approximate surface area is 141 Å². The number of amides is 2. The van der Waals surface area contributed by atoms with E-state index in [1.54, 1.807) is 36.4 Å². The molecule has 2 rings (SSSR count). The van der Waals surface area contributed by atoms with E-state index in [9.17, 15) is 9.59 Å². The van der Waals surface area contributed by atoms with Crippen molar-refractivity contribution in [2.45, 2.75) is 20.3 Å². The Balaban J connectivity index is 1.87. The van der Waals surface area contributed by atoms with Gasteiger partial charge in [0, 0.05) is 11.3 Å². The van der Waals surface area contributed by atoms with Crippen molar-refractivity contribution in [2.75, 3.05) is 11.9 Å². The SMILES string of the molecule is Cc1ccc(C(=O)NCC(=O)Nc2ccc(CC#N)cc2)cc1C. The molecule has 2 N–H and O–H groups in total. The predicted octanol–water partition coefficient (Wildman–Crippen LogP) is 2.74. The Bertz CT molecular complexity index is 789. The van der Waals surface area contributed by atoms with Gasteiger partial charge in [-0.15, -0.1) is 0 Å². The molecule has 2 aromatic carbocycles. The van der Waals surface area contributed by atoms with E-state index >= 15 is 0 Å². The minimum Gasteiger partial charge on any atom is -0.343 e. The molecule has 0 aliphatic carbocycles. The fraction of sp³-hybridized carbons (Fsp3) is 0.211. The molecule has 2 aromatic rings. The van der Waals surface area contributed by atoms with Gasteiger partial charge in [0.15, 0.2) is 0 Å². The maximum atomic E-state index is 12.1. The van der Waals surface area contributed by atoms with Crippen molar-refractivity contribution < 1.29 is 9.59 Å². The maximum Gasteiger partial charge on any atom is 0.251 e. The summed E-state index contributed by atoms with van der Waals surface area (Å²) in [5.74, 6) is -0.585. The lowest BCUT2D eigenvalue weighted by atomic mass is 10.1. The Morgan fingerprint density at radius 2 is 1.75 bits per heavy atom. The molecule has 0 unspecified atom stereocenters. The molecule has 5 heteroatoms. The third-order valence-corrected chi connectivity index (χ3v) is 3.70. The number of rotatable bonds is 5. The van der Waals surface area contributed by atoms with Crippen molar-refractivity contribution in [1.29, 1.82) is 5.26 Å². The molecule has 0 aliphatic rings. The van der Waals surface area contributed by atoms with Crippen molar-refractivity contribution in [3.05, 3.63) is 64.7 Å². The summed E-state index contributed by atoms with van der Waals surface area (Å²) in [5, 5.41) is 13.9. The zero-order valence-corrected chi connectivity index (χ0v) is 13.7. The first-order valence-corrected chi connectivity index (χ1v) is 7.61. The fourth-order valence-electron chi connectivity index (χ4n) is 2.15. The number of anilines is 1. The highest BCUT2D eigenvalue weighted by atomic mass is 16.2. The normalized spacial score (nSPS) is 9.88. The van der Waals surface area contributed by atoms with E-state index in [-0.39, 0.29) is 18.4 Å². The lowest BCUT2D eigenvalue weighted by Crippen LogP contribution is -2.32. The first-order chi connectivity index (χ1) is 11.5. The van der Waals surface area contributed by atoms with Crippen molar-refractivity contribution in [2.24, 2.45) is 0 Å². The quantitative estimate of drug-likeness (QED) is 0.888. The van der Waals surface area contributed by atoms with E-state index in [2.05, 4.69) is 16.7 Å². The first kappa shape index (κ1) is 17.2. The van der Waals surface area contributed by atoms with E-state index < -0.39 is 0 Å². The second kappa shape index (κ2) is 7.93. The van der Waals surface area contributed by atoms with Crippen LogP contribution < -0.4 is 10.6 Å². The molecule has 0 heterocycles. The Hall–Kier alpha value is -3.13. The van der Waals surface area contributed by atoms with Crippen LogP contribution in [0.3, 0.4) is 0 Å². The molecular formula is C19H19N3O2. The first-order valence-electron chi connectivity index (χ1n) is 7.61. The molecule has 5 nitrogen and oxygen atoms in total. The Morgan fingerprint density at radius 1 is 1.04 bits per heavy atom. The van der Waals surface area contributed by atoms with Gasteiger partial charge in [-0.05, 0) is 54.8 Å². The van der Waals surface area contributed by atoms with Crippen molar-refractivity contribution in [3.63, 3.8) is 0 Å². The van der Waals surface area contributed by atoms with E-state index in [0.29, 0.717) is 17.7 Å². The second-order valence-electron chi connectivity index (χ2n) is 5.56. The summed E-state index contributed by atoms with van der Waals surface area (Å²) in [6.07, 6.45) is 0.334. The molecule has 0 fully saturated rings. The zero-order chi connectivity index (χ0) is 17.5. The monoisotopic (exact) mass is 321 g/mol. The molecular weight excluding hydrogens is 302 g/mol. The molecule has 0 spiro atoms. The number of nitriles is 1. The van der Waals surface area contributed by atoms with Gasteiger partial charge in [-0.2, -0.15) is 5.26 Å². The summed E-state index contributed by atoms with van der Waals surface area (Å²) >= 11 is 0. The van der Waals surface area contributed by atoms with Gasteiger partial charge in [0.1, 0.15) is 0 Å². The van der Waals surface area contributed by atoms with Crippen LogP contribution in [-0.2, 0) is 11.2 Å². The van der Waals surface area contributed by atoms with E-state index in [0.717, 1.165) is 16.7 Å². The molecule has 0 saturated carbocycles. The minimum absolute atomic E-state index is 0.105. The molecule has 2 amide bonds.